The number of amides is 3. The highest BCUT2D eigenvalue weighted by molar-refractivity contribution is 5.92. The van der Waals surface area contributed by atoms with E-state index in [-0.39, 0.29) is 29.5 Å². The maximum absolute atomic E-state index is 14.2. The van der Waals surface area contributed by atoms with Crippen molar-refractivity contribution < 1.29 is 24.2 Å². The fourth-order valence-electron chi connectivity index (χ4n) is 4.49. The number of nitrogens with zero attached hydrogens (tertiary/aromatic N) is 1. The lowest BCUT2D eigenvalue weighted by atomic mass is 9.96. The quantitative estimate of drug-likeness (QED) is 0.220. The summed E-state index contributed by atoms with van der Waals surface area (Å²) in [5, 5.41) is 16.7. The Kier molecular flexibility index (Phi) is 14.4. The summed E-state index contributed by atoms with van der Waals surface area (Å²) >= 11 is 0. The number of nitrogens with one attached hydrogen (secondary N) is 2. The van der Waals surface area contributed by atoms with Crippen LogP contribution in [-0.2, 0) is 14.3 Å². The molecule has 0 heterocycles. The summed E-state index contributed by atoms with van der Waals surface area (Å²) in [6.07, 6.45) is 5.78. The summed E-state index contributed by atoms with van der Waals surface area (Å²) in [6.45, 7) is 17.2. The summed E-state index contributed by atoms with van der Waals surface area (Å²) in [5.74, 6) is -0.651. The number of carbonyl (C=O) groups excluding carboxylic acids is 3. The lowest BCUT2D eigenvalue weighted by Crippen LogP contribution is -2.54. The molecular weight excluding hydrogens is 494 g/mol. The number of aromatic hydroxyl groups is 1. The van der Waals surface area contributed by atoms with Crippen LogP contribution in [0.2, 0.25) is 0 Å². The Labute approximate surface area is 236 Å². The molecule has 8 heteroatoms. The van der Waals surface area contributed by atoms with Crippen LogP contribution in [-0.4, -0.2) is 52.1 Å². The third-order valence-corrected chi connectivity index (χ3v) is 6.29. The summed E-state index contributed by atoms with van der Waals surface area (Å²) in [6, 6.07) is 3.13. The van der Waals surface area contributed by atoms with Gasteiger partial charge in [-0.1, -0.05) is 71.1 Å². The first-order valence-electron chi connectivity index (χ1n) is 14.6. The number of carbonyl (C=O) groups is 3. The minimum absolute atomic E-state index is 0.0114. The van der Waals surface area contributed by atoms with Crippen molar-refractivity contribution in [3.05, 3.63) is 29.3 Å². The van der Waals surface area contributed by atoms with Gasteiger partial charge < -0.3 is 25.4 Å². The van der Waals surface area contributed by atoms with Gasteiger partial charge in [0, 0.05) is 18.2 Å². The molecule has 0 saturated heterocycles. The number of hydrogen-bond donors (Lipinski definition) is 3. The number of alkyl carbamates (subject to hydrolysis) is 1. The Hall–Kier alpha value is -2.77. The average molecular weight is 548 g/mol. The van der Waals surface area contributed by atoms with Crippen LogP contribution < -0.4 is 10.6 Å². The van der Waals surface area contributed by atoms with Gasteiger partial charge in [0.05, 0.1) is 0 Å². The number of para-hydroxylation sites is 1. The van der Waals surface area contributed by atoms with E-state index in [9.17, 15) is 19.5 Å². The van der Waals surface area contributed by atoms with Gasteiger partial charge in [-0.05, 0) is 65.9 Å². The number of benzene rings is 1. The molecule has 8 nitrogen and oxygen atoms in total. The van der Waals surface area contributed by atoms with Gasteiger partial charge in [-0.2, -0.15) is 0 Å². The van der Waals surface area contributed by atoms with E-state index < -0.39 is 23.8 Å². The molecule has 2 unspecified atom stereocenters. The molecule has 222 valence electrons. The fraction of sp³-hybridized carbons (Fsp3) is 0.710. The molecule has 39 heavy (non-hydrogen) atoms. The topological polar surface area (TPSA) is 108 Å². The van der Waals surface area contributed by atoms with E-state index >= 15 is 0 Å². The highest BCUT2D eigenvalue weighted by atomic mass is 16.6. The zero-order chi connectivity index (χ0) is 29.8. The highest BCUT2D eigenvalue weighted by Crippen LogP contribution is 2.33. The van der Waals surface area contributed by atoms with E-state index in [1.165, 1.54) is 4.90 Å². The molecule has 3 N–H and O–H groups in total. The Morgan fingerprint density at radius 2 is 1.59 bits per heavy atom. The molecule has 1 aromatic carbocycles. The van der Waals surface area contributed by atoms with Crippen molar-refractivity contribution in [3.8, 4) is 5.75 Å². The Morgan fingerprint density at radius 3 is 2.15 bits per heavy atom. The van der Waals surface area contributed by atoms with Gasteiger partial charge in [0.25, 0.3) is 0 Å². The zero-order valence-electron chi connectivity index (χ0n) is 25.7. The normalized spacial score (nSPS) is 13.2. The molecule has 0 radical (unpaired) electrons. The van der Waals surface area contributed by atoms with Crippen molar-refractivity contribution in [3.63, 3.8) is 0 Å². The molecule has 2 atom stereocenters. The second-order valence-electron chi connectivity index (χ2n) is 12.2. The summed E-state index contributed by atoms with van der Waals surface area (Å²) in [4.78, 5) is 42.2. The molecule has 0 spiro atoms. The maximum atomic E-state index is 14.2. The largest absolute Gasteiger partial charge is 0.507 e. The second kappa shape index (κ2) is 16.4. The number of rotatable bonds is 15. The number of aryl methyl sites for hydroxylation is 1. The van der Waals surface area contributed by atoms with Crippen molar-refractivity contribution >= 4 is 17.9 Å². The van der Waals surface area contributed by atoms with Crippen LogP contribution in [0.1, 0.15) is 118 Å². The predicted molar refractivity (Wildman–Crippen MR) is 157 cm³/mol. The molecule has 0 aliphatic rings. The highest BCUT2D eigenvalue weighted by Gasteiger charge is 2.37. The Morgan fingerprint density at radius 1 is 0.974 bits per heavy atom. The van der Waals surface area contributed by atoms with Gasteiger partial charge >= 0.3 is 6.09 Å². The van der Waals surface area contributed by atoms with Crippen molar-refractivity contribution in [1.29, 1.82) is 0 Å². The number of ether oxygens (including phenoxy) is 1. The first-order valence-corrected chi connectivity index (χ1v) is 14.6. The minimum atomic E-state index is -1.05. The van der Waals surface area contributed by atoms with E-state index in [4.69, 9.17) is 4.74 Å². The standard InChI is InChI=1S/C31H53N3O5/c1-10-11-12-13-14-15-19-34(29(37)25(20-21(2)3)33-30(38)39-31(7,8)9)26(28(36)32-22(4)5)24-18-16-17-23(6)27(24)35/h16-18,21-22,25-26,35H,10-15,19-20H2,1-9H3,(H,32,36)(H,33,38). The van der Waals surface area contributed by atoms with E-state index in [0.29, 0.717) is 30.5 Å². The van der Waals surface area contributed by atoms with Crippen LogP contribution in [0.15, 0.2) is 18.2 Å². The molecule has 1 rings (SSSR count). The lowest BCUT2D eigenvalue weighted by molar-refractivity contribution is -0.143. The average Bonchev–Trinajstić information content (AvgIpc) is 2.80. The first kappa shape index (κ1) is 34.3. The van der Waals surface area contributed by atoms with Crippen molar-refractivity contribution in [2.75, 3.05) is 6.54 Å². The van der Waals surface area contributed by atoms with Gasteiger partial charge in [0.15, 0.2) is 0 Å². The van der Waals surface area contributed by atoms with Crippen LogP contribution in [0.5, 0.6) is 5.75 Å². The molecule has 0 aromatic heterocycles. The monoisotopic (exact) mass is 547 g/mol. The van der Waals surface area contributed by atoms with Crippen molar-refractivity contribution in [1.82, 2.24) is 15.5 Å². The molecule has 0 aliphatic heterocycles. The molecular formula is C31H53N3O5. The number of phenols is 1. The predicted octanol–water partition coefficient (Wildman–Crippen LogP) is 6.39. The third-order valence-electron chi connectivity index (χ3n) is 6.29. The Balaban J connectivity index is 3.51. The van der Waals surface area contributed by atoms with Gasteiger partial charge in [0.2, 0.25) is 11.8 Å². The van der Waals surface area contributed by atoms with E-state index in [1.54, 1.807) is 45.9 Å². The third kappa shape index (κ3) is 12.3. The second-order valence-corrected chi connectivity index (χ2v) is 12.2. The minimum Gasteiger partial charge on any atom is -0.507 e. The number of hydrogen-bond acceptors (Lipinski definition) is 5. The lowest BCUT2D eigenvalue weighted by Gasteiger charge is -2.35. The summed E-state index contributed by atoms with van der Waals surface area (Å²) in [5.41, 5.74) is 0.265. The summed E-state index contributed by atoms with van der Waals surface area (Å²) < 4.78 is 5.46. The first-order chi connectivity index (χ1) is 18.2. The molecule has 0 fully saturated rings. The molecule has 1 aromatic rings. The van der Waals surface area contributed by atoms with Crippen LogP contribution in [0.4, 0.5) is 4.79 Å². The zero-order valence-corrected chi connectivity index (χ0v) is 25.7. The van der Waals surface area contributed by atoms with Gasteiger partial charge in [0.1, 0.15) is 23.4 Å². The van der Waals surface area contributed by atoms with Gasteiger partial charge in [-0.3, -0.25) is 9.59 Å². The SMILES string of the molecule is CCCCCCCCN(C(=O)C(CC(C)C)NC(=O)OC(C)(C)C)C(C(=O)NC(C)C)c1cccc(C)c1O. The van der Waals surface area contributed by atoms with Gasteiger partial charge in [-0.25, -0.2) is 4.79 Å². The van der Waals surface area contributed by atoms with Crippen LogP contribution in [0.3, 0.4) is 0 Å². The Bertz CT molecular complexity index is 923. The number of unbranched alkanes of at least 4 members (excludes halogenated alkanes) is 5. The van der Waals surface area contributed by atoms with E-state index in [0.717, 1.165) is 32.1 Å². The van der Waals surface area contributed by atoms with Gasteiger partial charge in [-0.15, -0.1) is 0 Å². The maximum Gasteiger partial charge on any atom is 0.408 e. The van der Waals surface area contributed by atoms with Crippen LogP contribution in [0.25, 0.3) is 0 Å². The smallest absolute Gasteiger partial charge is 0.408 e. The molecule has 3 amide bonds. The van der Waals surface area contributed by atoms with E-state index in [2.05, 4.69) is 17.6 Å². The number of phenolic OH excluding ortho intramolecular Hbond substituents is 1. The van der Waals surface area contributed by atoms with Crippen molar-refractivity contribution in [2.24, 2.45) is 5.92 Å². The van der Waals surface area contributed by atoms with Crippen LogP contribution in [0, 0.1) is 12.8 Å². The molecule has 0 aliphatic carbocycles. The molecule has 0 saturated carbocycles. The van der Waals surface area contributed by atoms with Crippen molar-refractivity contribution in [2.45, 2.75) is 131 Å². The fourth-order valence-corrected chi connectivity index (χ4v) is 4.49. The van der Waals surface area contributed by atoms with Crippen LogP contribution >= 0.6 is 0 Å². The molecule has 0 bridgehead atoms. The van der Waals surface area contributed by atoms with E-state index in [1.807, 2.05) is 27.7 Å². The summed E-state index contributed by atoms with van der Waals surface area (Å²) in [7, 11) is 0.